The van der Waals surface area contributed by atoms with Crippen molar-refractivity contribution in [2.45, 2.75) is 44.4 Å². The van der Waals surface area contributed by atoms with Gasteiger partial charge in [0.15, 0.2) is 0 Å². The number of hydrogen-bond donors (Lipinski definition) is 2. The molecule has 1 aliphatic rings. The van der Waals surface area contributed by atoms with E-state index in [1.54, 1.807) is 0 Å². The summed E-state index contributed by atoms with van der Waals surface area (Å²) in [7, 11) is 0. The van der Waals surface area contributed by atoms with Gasteiger partial charge in [-0.2, -0.15) is 0 Å². The van der Waals surface area contributed by atoms with Gasteiger partial charge in [0.2, 0.25) is 11.8 Å². The van der Waals surface area contributed by atoms with Crippen molar-refractivity contribution in [2.24, 2.45) is 11.7 Å². The topological polar surface area (TPSA) is 72.2 Å². The first kappa shape index (κ1) is 19.4. The number of benzene rings is 2. The monoisotopic (exact) mass is 384 g/mol. The fourth-order valence-electron chi connectivity index (χ4n) is 4.17. The molecular weight excluding hydrogens is 360 g/mol. The fraction of sp³-hybridized carbons (Fsp3) is 0.364. The number of carbonyl (C=O) groups is 2. The minimum Gasteiger partial charge on any atom is -0.369 e. The summed E-state index contributed by atoms with van der Waals surface area (Å²) < 4.78 is 0. The normalized spacial score (nSPS) is 20.7. The summed E-state index contributed by atoms with van der Waals surface area (Å²) in [6, 6.07) is 15.5. The van der Waals surface area contributed by atoms with Crippen LogP contribution in [0.4, 0.5) is 5.69 Å². The van der Waals surface area contributed by atoms with Crippen LogP contribution in [0.3, 0.4) is 0 Å². The number of nitrogens with one attached hydrogen (secondary N) is 1. The highest BCUT2D eigenvalue weighted by Gasteiger charge is 2.32. The van der Waals surface area contributed by atoms with Gasteiger partial charge >= 0.3 is 0 Å². The van der Waals surface area contributed by atoms with E-state index in [9.17, 15) is 9.59 Å². The van der Waals surface area contributed by atoms with E-state index < -0.39 is 0 Å². The average molecular weight is 385 g/mol. The van der Waals surface area contributed by atoms with Gasteiger partial charge < -0.3 is 11.1 Å². The third-order valence-electron chi connectivity index (χ3n) is 5.48. The Balaban J connectivity index is 1.65. The van der Waals surface area contributed by atoms with Crippen LogP contribution >= 0.6 is 11.6 Å². The van der Waals surface area contributed by atoms with E-state index in [2.05, 4.69) is 17.4 Å². The van der Waals surface area contributed by atoms with Gasteiger partial charge in [0.05, 0.1) is 5.92 Å². The zero-order valence-electron chi connectivity index (χ0n) is 15.5. The van der Waals surface area contributed by atoms with Crippen LogP contribution in [0.25, 0.3) is 0 Å². The molecule has 0 spiro atoms. The molecule has 2 aromatic carbocycles. The Morgan fingerprint density at radius 2 is 1.59 bits per heavy atom. The highest BCUT2D eigenvalue weighted by atomic mass is 35.5. The highest BCUT2D eigenvalue weighted by molar-refractivity contribution is 6.30. The summed E-state index contributed by atoms with van der Waals surface area (Å²) in [6.07, 6.45) is 3.99. The van der Waals surface area contributed by atoms with Crippen molar-refractivity contribution in [3.05, 3.63) is 64.7 Å². The minimum atomic E-state index is -0.263. The number of hydrogen-bond acceptors (Lipinski definition) is 2. The van der Waals surface area contributed by atoms with Gasteiger partial charge in [-0.25, -0.2) is 0 Å². The Hall–Kier alpha value is -2.33. The van der Waals surface area contributed by atoms with Crippen LogP contribution in [0, 0.1) is 5.92 Å². The van der Waals surface area contributed by atoms with E-state index in [-0.39, 0.29) is 23.7 Å². The number of rotatable bonds is 5. The standard InChI is InChI=1S/C22H25ClN2O2/c1-14(26)25-20-12-8-16(9-13-20)15-2-4-17(5-3-15)21(22(24)27)18-6-10-19(23)11-7-18/h6-13,15,17,21H,2-5H2,1H3,(H2,24,27)(H,25,26). The highest BCUT2D eigenvalue weighted by Crippen LogP contribution is 2.42. The molecule has 0 heterocycles. The predicted molar refractivity (Wildman–Crippen MR) is 109 cm³/mol. The molecule has 142 valence electrons. The van der Waals surface area contributed by atoms with Crippen molar-refractivity contribution in [1.29, 1.82) is 0 Å². The van der Waals surface area contributed by atoms with Gasteiger partial charge in [-0.3, -0.25) is 9.59 Å². The molecule has 0 radical (unpaired) electrons. The summed E-state index contributed by atoms with van der Waals surface area (Å²) in [6.45, 7) is 1.50. The van der Waals surface area contributed by atoms with E-state index in [0.29, 0.717) is 10.9 Å². The first-order chi connectivity index (χ1) is 12.9. The second-order valence-electron chi connectivity index (χ2n) is 7.35. The molecule has 1 aliphatic carbocycles. The molecule has 4 nitrogen and oxygen atoms in total. The van der Waals surface area contributed by atoms with Crippen LogP contribution in [0.15, 0.2) is 48.5 Å². The van der Waals surface area contributed by atoms with Crippen LogP contribution < -0.4 is 11.1 Å². The molecule has 3 N–H and O–H groups in total. The van der Waals surface area contributed by atoms with Gasteiger partial charge in [0, 0.05) is 17.6 Å². The lowest BCUT2D eigenvalue weighted by atomic mass is 9.71. The van der Waals surface area contributed by atoms with Crippen molar-refractivity contribution in [3.8, 4) is 0 Å². The largest absolute Gasteiger partial charge is 0.369 e. The summed E-state index contributed by atoms with van der Waals surface area (Å²) in [5.74, 6) is 0.152. The Morgan fingerprint density at radius 1 is 1.00 bits per heavy atom. The first-order valence-electron chi connectivity index (χ1n) is 9.36. The Kier molecular flexibility index (Phi) is 6.17. The second kappa shape index (κ2) is 8.57. The maximum atomic E-state index is 12.1. The van der Waals surface area contributed by atoms with E-state index in [4.69, 9.17) is 17.3 Å². The summed E-state index contributed by atoms with van der Waals surface area (Å²) in [4.78, 5) is 23.3. The molecular formula is C22H25ClN2O2. The Bertz CT molecular complexity index is 794. The number of halogens is 1. The van der Waals surface area contributed by atoms with Gasteiger partial charge in [0.25, 0.3) is 0 Å². The van der Waals surface area contributed by atoms with E-state index >= 15 is 0 Å². The number of primary amides is 1. The number of carbonyl (C=O) groups excluding carboxylic acids is 2. The van der Waals surface area contributed by atoms with Crippen molar-refractivity contribution >= 4 is 29.1 Å². The lowest BCUT2D eigenvalue weighted by molar-refractivity contribution is -0.121. The quantitative estimate of drug-likeness (QED) is 0.774. The lowest BCUT2D eigenvalue weighted by Crippen LogP contribution is -2.30. The van der Waals surface area contributed by atoms with E-state index in [0.717, 1.165) is 36.9 Å². The molecule has 0 saturated heterocycles. The molecule has 1 fully saturated rings. The summed E-state index contributed by atoms with van der Waals surface area (Å²) in [5, 5.41) is 3.45. The molecule has 1 unspecified atom stereocenters. The SMILES string of the molecule is CC(=O)Nc1ccc(C2CCC(C(C(N)=O)c3ccc(Cl)cc3)CC2)cc1. The van der Waals surface area contributed by atoms with Gasteiger partial charge in [-0.05, 0) is 72.9 Å². The van der Waals surface area contributed by atoms with Crippen LogP contribution in [0.1, 0.15) is 55.6 Å². The van der Waals surface area contributed by atoms with Crippen molar-refractivity contribution in [1.82, 2.24) is 0 Å². The molecule has 0 aliphatic heterocycles. The first-order valence-corrected chi connectivity index (χ1v) is 9.74. The maximum absolute atomic E-state index is 12.1. The number of nitrogens with two attached hydrogens (primary N) is 1. The van der Waals surface area contributed by atoms with Gasteiger partial charge in [-0.1, -0.05) is 35.9 Å². The maximum Gasteiger partial charge on any atom is 0.225 e. The molecule has 2 aromatic rings. The lowest BCUT2D eigenvalue weighted by Gasteiger charge is -2.33. The molecule has 5 heteroatoms. The molecule has 27 heavy (non-hydrogen) atoms. The molecule has 0 aromatic heterocycles. The molecule has 2 amide bonds. The second-order valence-corrected chi connectivity index (χ2v) is 7.78. The van der Waals surface area contributed by atoms with Crippen molar-refractivity contribution in [3.63, 3.8) is 0 Å². The van der Waals surface area contributed by atoms with Gasteiger partial charge in [0.1, 0.15) is 0 Å². The fourth-order valence-corrected chi connectivity index (χ4v) is 4.29. The molecule has 1 atom stereocenters. The van der Waals surface area contributed by atoms with Crippen LogP contribution in [-0.4, -0.2) is 11.8 Å². The summed E-state index contributed by atoms with van der Waals surface area (Å²) in [5.41, 5.74) is 8.79. The number of amides is 2. The minimum absolute atomic E-state index is 0.0667. The van der Waals surface area contributed by atoms with E-state index in [1.807, 2.05) is 36.4 Å². The average Bonchev–Trinajstić information content (AvgIpc) is 2.64. The van der Waals surface area contributed by atoms with Crippen LogP contribution in [0.2, 0.25) is 5.02 Å². The zero-order valence-corrected chi connectivity index (χ0v) is 16.2. The molecule has 0 bridgehead atoms. The Labute approximate surface area is 165 Å². The summed E-state index contributed by atoms with van der Waals surface area (Å²) >= 11 is 5.97. The van der Waals surface area contributed by atoms with Gasteiger partial charge in [-0.15, -0.1) is 0 Å². The van der Waals surface area contributed by atoms with Crippen molar-refractivity contribution in [2.75, 3.05) is 5.32 Å². The zero-order chi connectivity index (χ0) is 19.4. The predicted octanol–water partition coefficient (Wildman–Crippen LogP) is 4.84. The number of anilines is 1. The van der Waals surface area contributed by atoms with Crippen LogP contribution in [-0.2, 0) is 9.59 Å². The van der Waals surface area contributed by atoms with E-state index in [1.165, 1.54) is 12.5 Å². The smallest absolute Gasteiger partial charge is 0.225 e. The van der Waals surface area contributed by atoms with Crippen LogP contribution in [0.5, 0.6) is 0 Å². The third-order valence-corrected chi connectivity index (χ3v) is 5.73. The molecule has 3 rings (SSSR count). The molecule has 1 saturated carbocycles. The third kappa shape index (κ3) is 4.89. The van der Waals surface area contributed by atoms with Crippen molar-refractivity contribution < 1.29 is 9.59 Å². The Morgan fingerprint density at radius 3 is 2.11 bits per heavy atom.